The van der Waals surface area contributed by atoms with E-state index in [2.05, 4.69) is 146 Å². The number of rotatable bonds is 6. The van der Waals surface area contributed by atoms with Crippen LogP contribution in [0.5, 0.6) is 0 Å². The van der Waals surface area contributed by atoms with Gasteiger partial charge in [0, 0.05) is 16.5 Å². The van der Waals surface area contributed by atoms with Crippen LogP contribution in [0.2, 0.25) is 0 Å². The van der Waals surface area contributed by atoms with Gasteiger partial charge in [0.05, 0.1) is 11.2 Å². The van der Waals surface area contributed by atoms with Gasteiger partial charge in [-0.2, -0.15) is 0 Å². The average Bonchev–Trinajstić information content (AvgIpc) is 3.63. The van der Waals surface area contributed by atoms with Gasteiger partial charge in [0.1, 0.15) is 5.52 Å². The molecule has 9 aromatic rings. The predicted octanol–water partition coefficient (Wildman–Crippen LogP) is 12.4. The highest BCUT2D eigenvalue weighted by Gasteiger charge is 2.15. The zero-order valence-corrected chi connectivity index (χ0v) is 26.6. The van der Waals surface area contributed by atoms with Gasteiger partial charge in [0.2, 0.25) is 5.89 Å². The number of hydrogen-bond donors (Lipinski definition) is 0. The minimum absolute atomic E-state index is 0.609. The minimum atomic E-state index is 0.609. The number of para-hydroxylation sites is 2. The Morgan fingerprint density at radius 2 is 0.857 bits per heavy atom. The van der Waals surface area contributed by atoms with Crippen molar-refractivity contribution < 1.29 is 4.42 Å². The van der Waals surface area contributed by atoms with E-state index < -0.39 is 0 Å². The van der Waals surface area contributed by atoms with Crippen molar-refractivity contribution in [3.63, 3.8) is 0 Å². The van der Waals surface area contributed by atoms with Crippen molar-refractivity contribution >= 4 is 22.0 Å². The van der Waals surface area contributed by atoms with E-state index in [1.807, 2.05) is 36.4 Å². The minimum Gasteiger partial charge on any atom is -0.436 e. The second-order valence-electron chi connectivity index (χ2n) is 12.2. The zero-order chi connectivity index (χ0) is 32.6. The lowest BCUT2D eigenvalue weighted by molar-refractivity contribution is 0.620. The Labute approximate surface area is 284 Å². The lowest BCUT2D eigenvalue weighted by Crippen LogP contribution is -1.92. The molecule has 0 spiro atoms. The second-order valence-corrected chi connectivity index (χ2v) is 12.2. The molecule has 3 heteroatoms. The Balaban J connectivity index is 1.17. The molecule has 0 aliphatic rings. The normalized spacial score (nSPS) is 11.3. The van der Waals surface area contributed by atoms with Crippen LogP contribution in [-0.2, 0) is 0 Å². The van der Waals surface area contributed by atoms with E-state index in [4.69, 9.17) is 14.4 Å². The van der Waals surface area contributed by atoms with Gasteiger partial charge in [0.15, 0.2) is 5.58 Å². The summed E-state index contributed by atoms with van der Waals surface area (Å²) in [7, 11) is 0. The first kappa shape index (κ1) is 28.6. The van der Waals surface area contributed by atoms with Crippen LogP contribution in [0.3, 0.4) is 0 Å². The number of hydrogen-bond acceptors (Lipinski definition) is 3. The van der Waals surface area contributed by atoms with Gasteiger partial charge in [-0.1, -0.05) is 140 Å². The number of nitrogens with zero attached hydrogens (tertiary/aromatic N) is 2. The number of benzene rings is 7. The lowest BCUT2D eigenvalue weighted by Gasteiger charge is -2.13. The van der Waals surface area contributed by atoms with E-state index in [9.17, 15) is 0 Å². The molecule has 7 aromatic carbocycles. The maximum Gasteiger partial charge on any atom is 0.227 e. The summed E-state index contributed by atoms with van der Waals surface area (Å²) in [5.74, 6) is 0.609. The van der Waals surface area contributed by atoms with E-state index in [0.717, 1.165) is 61.1 Å². The smallest absolute Gasteiger partial charge is 0.227 e. The van der Waals surface area contributed by atoms with Crippen LogP contribution in [0, 0.1) is 0 Å². The molecule has 0 radical (unpaired) electrons. The molecule has 0 atom stereocenters. The topological polar surface area (TPSA) is 38.9 Å². The van der Waals surface area contributed by atoms with Gasteiger partial charge < -0.3 is 4.42 Å². The van der Waals surface area contributed by atoms with Crippen molar-refractivity contribution in [2.24, 2.45) is 0 Å². The first-order valence-electron chi connectivity index (χ1n) is 16.5. The summed E-state index contributed by atoms with van der Waals surface area (Å²) in [6.45, 7) is 0. The SMILES string of the molecule is c1ccc(-c2ccc(-c3ccc4nc(-c5ccc(-c6ccccc6)cc5)cc(-c5cccc(-c6nc7ccccc7o6)c5)c4c3)cc2)cc1. The molecule has 0 aliphatic carbocycles. The van der Waals surface area contributed by atoms with Crippen molar-refractivity contribution in [1.82, 2.24) is 9.97 Å². The summed E-state index contributed by atoms with van der Waals surface area (Å²) in [4.78, 5) is 9.98. The van der Waals surface area contributed by atoms with Gasteiger partial charge in [0.25, 0.3) is 0 Å². The largest absolute Gasteiger partial charge is 0.436 e. The highest BCUT2D eigenvalue weighted by molar-refractivity contribution is 5.99. The molecule has 230 valence electrons. The van der Waals surface area contributed by atoms with Gasteiger partial charge in [-0.25, -0.2) is 9.97 Å². The molecule has 0 fully saturated rings. The summed E-state index contributed by atoms with van der Waals surface area (Å²) >= 11 is 0. The zero-order valence-electron chi connectivity index (χ0n) is 26.6. The fourth-order valence-electron chi connectivity index (χ4n) is 6.56. The standard InChI is InChI=1S/C46H30N2O/c1-3-10-31(11-4-1)33-18-20-35(21-19-33)37-26-27-42-41(29-37)40(30-44(47-42)36-24-22-34(23-25-36)32-12-5-2-6-13-32)38-14-9-15-39(28-38)46-48-43-16-7-8-17-45(43)49-46/h1-30H. The molecular formula is C46H30N2O. The van der Waals surface area contributed by atoms with Crippen molar-refractivity contribution in [2.45, 2.75) is 0 Å². The molecule has 2 heterocycles. The lowest BCUT2D eigenvalue weighted by atomic mass is 9.93. The van der Waals surface area contributed by atoms with E-state index in [0.29, 0.717) is 5.89 Å². The van der Waals surface area contributed by atoms with E-state index >= 15 is 0 Å². The summed E-state index contributed by atoms with van der Waals surface area (Å²) in [6, 6.07) is 63.6. The van der Waals surface area contributed by atoms with Crippen LogP contribution in [0.1, 0.15) is 0 Å². The van der Waals surface area contributed by atoms with E-state index in [-0.39, 0.29) is 0 Å². The molecule has 0 amide bonds. The Bertz CT molecular complexity index is 2540. The Morgan fingerprint density at radius 3 is 1.53 bits per heavy atom. The van der Waals surface area contributed by atoms with Crippen molar-refractivity contribution in [1.29, 1.82) is 0 Å². The average molecular weight is 627 g/mol. The number of aromatic nitrogens is 2. The van der Waals surface area contributed by atoms with E-state index in [1.165, 1.54) is 22.3 Å². The Morgan fingerprint density at radius 1 is 0.327 bits per heavy atom. The van der Waals surface area contributed by atoms with Crippen molar-refractivity contribution in [3.8, 4) is 67.2 Å². The summed E-state index contributed by atoms with van der Waals surface area (Å²) in [6.07, 6.45) is 0. The van der Waals surface area contributed by atoms with Gasteiger partial charge in [-0.15, -0.1) is 0 Å². The molecular weight excluding hydrogens is 597 g/mol. The number of pyridine rings is 1. The second kappa shape index (κ2) is 12.2. The molecule has 2 aromatic heterocycles. The highest BCUT2D eigenvalue weighted by atomic mass is 16.3. The molecule has 0 N–H and O–H groups in total. The fourth-order valence-corrected chi connectivity index (χ4v) is 6.56. The van der Waals surface area contributed by atoms with E-state index in [1.54, 1.807) is 0 Å². The first-order chi connectivity index (χ1) is 24.2. The number of fused-ring (bicyclic) bond motifs is 2. The third-order valence-electron chi connectivity index (χ3n) is 9.14. The summed E-state index contributed by atoms with van der Waals surface area (Å²) < 4.78 is 6.17. The molecule has 3 nitrogen and oxygen atoms in total. The van der Waals surface area contributed by atoms with Gasteiger partial charge in [-0.05, 0) is 87.0 Å². The maximum atomic E-state index is 6.17. The predicted molar refractivity (Wildman–Crippen MR) is 202 cm³/mol. The molecule has 0 saturated carbocycles. The third-order valence-corrected chi connectivity index (χ3v) is 9.14. The third kappa shape index (κ3) is 5.58. The Kier molecular flexibility index (Phi) is 7.14. The van der Waals surface area contributed by atoms with Crippen LogP contribution >= 0.6 is 0 Å². The molecule has 9 rings (SSSR count). The summed E-state index contributed by atoms with van der Waals surface area (Å²) in [5, 5.41) is 1.09. The fraction of sp³-hybridized carbons (Fsp3) is 0. The quantitative estimate of drug-likeness (QED) is 0.184. The maximum absolute atomic E-state index is 6.17. The molecule has 0 saturated heterocycles. The van der Waals surface area contributed by atoms with Crippen LogP contribution in [0.4, 0.5) is 0 Å². The number of oxazole rings is 1. The molecule has 49 heavy (non-hydrogen) atoms. The van der Waals surface area contributed by atoms with Crippen LogP contribution in [0.25, 0.3) is 89.2 Å². The van der Waals surface area contributed by atoms with Crippen LogP contribution < -0.4 is 0 Å². The Hall–Kier alpha value is -6.58. The van der Waals surface area contributed by atoms with Crippen LogP contribution in [0.15, 0.2) is 186 Å². The van der Waals surface area contributed by atoms with Gasteiger partial charge >= 0.3 is 0 Å². The highest BCUT2D eigenvalue weighted by Crippen LogP contribution is 2.37. The monoisotopic (exact) mass is 626 g/mol. The van der Waals surface area contributed by atoms with Gasteiger partial charge in [-0.3, -0.25) is 0 Å². The van der Waals surface area contributed by atoms with Crippen LogP contribution in [-0.4, -0.2) is 9.97 Å². The summed E-state index contributed by atoms with van der Waals surface area (Å²) in [5.41, 5.74) is 14.8. The first-order valence-corrected chi connectivity index (χ1v) is 16.5. The van der Waals surface area contributed by atoms with Crippen molar-refractivity contribution in [3.05, 3.63) is 182 Å². The molecule has 0 unspecified atom stereocenters. The molecule has 0 aliphatic heterocycles. The molecule has 0 bridgehead atoms. The van der Waals surface area contributed by atoms with Crippen molar-refractivity contribution in [2.75, 3.05) is 0 Å².